The van der Waals surface area contributed by atoms with Gasteiger partial charge in [-0.2, -0.15) is 0 Å². The van der Waals surface area contributed by atoms with Crippen LogP contribution in [0.25, 0.3) is 0 Å². The first-order chi connectivity index (χ1) is 14.9. The largest absolute Gasteiger partial charge is 0.326 e. The number of benzene rings is 2. The fourth-order valence-electron chi connectivity index (χ4n) is 5.67. The molecule has 3 aliphatic heterocycles. The summed E-state index contributed by atoms with van der Waals surface area (Å²) >= 11 is 0. The van der Waals surface area contributed by atoms with E-state index in [0.29, 0.717) is 13.1 Å². The summed E-state index contributed by atoms with van der Waals surface area (Å²) in [5, 5.41) is 3.33. The summed E-state index contributed by atoms with van der Waals surface area (Å²) in [6.07, 6.45) is 0. The van der Waals surface area contributed by atoms with Crippen molar-refractivity contribution in [3.8, 4) is 0 Å². The second-order valence-corrected chi connectivity index (χ2v) is 8.47. The zero-order valence-electron chi connectivity index (χ0n) is 17.3. The van der Waals surface area contributed by atoms with Gasteiger partial charge in [-0.3, -0.25) is 14.6 Å². The number of amides is 3. The van der Waals surface area contributed by atoms with E-state index in [1.807, 2.05) is 30.3 Å². The highest BCUT2D eigenvalue weighted by Gasteiger charge is 2.61. The zero-order chi connectivity index (χ0) is 21.9. The minimum absolute atomic E-state index is 0.217. The molecule has 5 rings (SSSR count). The van der Waals surface area contributed by atoms with E-state index in [9.17, 15) is 18.4 Å². The fourth-order valence-corrected chi connectivity index (χ4v) is 5.67. The summed E-state index contributed by atoms with van der Waals surface area (Å²) in [6.45, 7) is 1.19. The van der Waals surface area contributed by atoms with Gasteiger partial charge in [-0.05, 0) is 11.6 Å². The number of hydrogen-bond donors (Lipinski definition) is 1. The molecular formula is C23H24F2N4O2. The van der Waals surface area contributed by atoms with Crippen LogP contribution in [0.1, 0.15) is 23.2 Å². The van der Waals surface area contributed by atoms with E-state index in [4.69, 9.17) is 0 Å². The molecule has 3 amide bonds. The van der Waals surface area contributed by atoms with Crippen molar-refractivity contribution >= 4 is 11.9 Å². The van der Waals surface area contributed by atoms with E-state index < -0.39 is 29.6 Å². The van der Waals surface area contributed by atoms with Crippen LogP contribution in [0, 0.1) is 17.6 Å². The third kappa shape index (κ3) is 2.89. The molecule has 5 atom stereocenters. The van der Waals surface area contributed by atoms with Gasteiger partial charge in [0.05, 0.1) is 24.0 Å². The van der Waals surface area contributed by atoms with Gasteiger partial charge in [0.25, 0.3) is 0 Å². The predicted octanol–water partition coefficient (Wildman–Crippen LogP) is 2.54. The molecule has 0 aliphatic carbocycles. The molecule has 5 unspecified atom stereocenters. The molecule has 0 aromatic heterocycles. The molecule has 0 bridgehead atoms. The number of urea groups is 1. The standard InChI is InChI=1S/C23H24F2N4O2/c1-27-20-16(22(30)28(2)23(27)31)19(13-7-4-3-5-8-13)29-12-11-26-18(21(20)29)14-9-6-10-15(24)17(14)25/h3-10,16,18-21,26H,11-12H2,1-2H3. The van der Waals surface area contributed by atoms with Crippen molar-refractivity contribution in [2.24, 2.45) is 5.92 Å². The maximum Gasteiger partial charge on any atom is 0.326 e. The van der Waals surface area contributed by atoms with Gasteiger partial charge >= 0.3 is 6.03 Å². The lowest BCUT2D eigenvalue weighted by molar-refractivity contribution is -0.137. The molecule has 2 aromatic carbocycles. The van der Waals surface area contributed by atoms with Gasteiger partial charge in [0.1, 0.15) is 0 Å². The quantitative estimate of drug-likeness (QED) is 0.802. The lowest BCUT2D eigenvalue weighted by Crippen LogP contribution is -2.63. The van der Waals surface area contributed by atoms with Crippen LogP contribution < -0.4 is 5.32 Å². The second kappa shape index (κ2) is 7.39. The molecule has 162 valence electrons. The van der Waals surface area contributed by atoms with Crippen molar-refractivity contribution < 1.29 is 18.4 Å². The Bertz CT molecular complexity index is 1030. The molecule has 3 heterocycles. The Labute approximate surface area is 179 Å². The van der Waals surface area contributed by atoms with Crippen molar-refractivity contribution in [2.75, 3.05) is 27.2 Å². The van der Waals surface area contributed by atoms with Crippen LogP contribution in [0.5, 0.6) is 0 Å². The first-order valence-corrected chi connectivity index (χ1v) is 10.4. The Balaban J connectivity index is 1.67. The highest BCUT2D eigenvalue weighted by atomic mass is 19.2. The number of piperazine rings is 1. The van der Waals surface area contributed by atoms with Crippen LogP contribution in [0.15, 0.2) is 48.5 Å². The monoisotopic (exact) mass is 426 g/mol. The lowest BCUT2D eigenvalue weighted by Gasteiger charge is -2.45. The molecule has 6 nitrogen and oxygen atoms in total. The molecule has 0 saturated carbocycles. The van der Waals surface area contributed by atoms with E-state index in [-0.39, 0.29) is 29.6 Å². The molecule has 2 aromatic rings. The Kier molecular flexibility index (Phi) is 4.79. The third-order valence-corrected chi connectivity index (χ3v) is 6.98. The van der Waals surface area contributed by atoms with Crippen molar-refractivity contribution in [1.29, 1.82) is 0 Å². The van der Waals surface area contributed by atoms with Crippen molar-refractivity contribution in [2.45, 2.75) is 24.2 Å². The summed E-state index contributed by atoms with van der Waals surface area (Å²) in [6, 6.07) is 11.8. The first-order valence-electron chi connectivity index (χ1n) is 10.4. The Morgan fingerprint density at radius 3 is 2.45 bits per heavy atom. The van der Waals surface area contributed by atoms with Crippen molar-refractivity contribution in [3.05, 3.63) is 71.3 Å². The van der Waals surface area contributed by atoms with Crippen LogP contribution in [0.2, 0.25) is 0 Å². The van der Waals surface area contributed by atoms with Gasteiger partial charge in [0.2, 0.25) is 5.91 Å². The highest BCUT2D eigenvalue weighted by molar-refractivity contribution is 5.99. The second-order valence-electron chi connectivity index (χ2n) is 8.47. The number of likely N-dealkylation sites (N-methyl/N-ethyl adjacent to an activating group) is 1. The summed E-state index contributed by atoms with van der Waals surface area (Å²) in [4.78, 5) is 31.1. The van der Waals surface area contributed by atoms with Crippen LogP contribution in [0.3, 0.4) is 0 Å². The number of carbonyl (C=O) groups excluding carboxylic acids is 2. The minimum Gasteiger partial charge on any atom is -0.322 e. The normalized spacial score (nSPS) is 31.0. The van der Waals surface area contributed by atoms with Gasteiger partial charge in [-0.25, -0.2) is 13.6 Å². The number of carbonyl (C=O) groups is 2. The van der Waals surface area contributed by atoms with Gasteiger partial charge in [-0.15, -0.1) is 0 Å². The SMILES string of the molecule is CN1C(=O)C2C(C3C(c4cccc(F)c4F)NCCN3C2c2ccccc2)N(C)C1=O. The highest BCUT2D eigenvalue weighted by Crippen LogP contribution is 2.50. The Morgan fingerprint density at radius 2 is 1.71 bits per heavy atom. The molecule has 8 heteroatoms. The van der Waals surface area contributed by atoms with Crippen LogP contribution in [-0.2, 0) is 4.79 Å². The molecular weight excluding hydrogens is 402 g/mol. The van der Waals surface area contributed by atoms with Gasteiger partial charge in [0, 0.05) is 38.8 Å². The molecule has 3 saturated heterocycles. The number of hydrogen-bond acceptors (Lipinski definition) is 4. The van der Waals surface area contributed by atoms with Crippen molar-refractivity contribution in [1.82, 2.24) is 20.0 Å². The number of nitrogens with one attached hydrogen (secondary N) is 1. The van der Waals surface area contributed by atoms with Gasteiger partial charge in [0.15, 0.2) is 11.6 Å². The average Bonchev–Trinajstić information content (AvgIpc) is 3.14. The van der Waals surface area contributed by atoms with Crippen LogP contribution >= 0.6 is 0 Å². The molecule has 3 aliphatic rings. The smallest absolute Gasteiger partial charge is 0.322 e. The third-order valence-electron chi connectivity index (χ3n) is 6.98. The number of rotatable bonds is 2. The number of nitrogens with zero attached hydrogens (tertiary/aromatic N) is 3. The first kappa shape index (κ1) is 20.1. The summed E-state index contributed by atoms with van der Waals surface area (Å²) < 4.78 is 28.9. The van der Waals surface area contributed by atoms with Crippen molar-refractivity contribution in [3.63, 3.8) is 0 Å². The molecule has 0 radical (unpaired) electrons. The summed E-state index contributed by atoms with van der Waals surface area (Å²) in [7, 11) is 3.18. The molecule has 3 fully saturated rings. The predicted molar refractivity (Wildman–Crippen MR) is 110 cm³/mol. The molecule has 0 spiro atoms. The van der Waals surface area contributed by atoms with Crippen LogP contribution in [-0.4, -0.2) is 65.9 Å². The van der Waals surface area contributed by atoms with E-state index in [1.54, 1.807) is 18.0 Å². The van der Waals surface area contributed by atoms with Gasteiger partial charge in [-0.1, -0.05) is 42.5 Å². The Morgan fingerprint density at radius 1 is 0.968 bits per heavy atom. The Hall–Kier alpha value is -2.84. The number of fused-ring (bicyclic) bond motifs is 3. The average molecular weight is 426 g/mol. The lowest BCUT2D eigenvalue weighted by atomic mass is 9.83. The van der Waals surface area contributed by atoms with Gasteiger partial charge < -0.3 is 10.2 Å². The topological polar surface area (TPSA) is 55.9 Å². The van der Waals surface area contributed by atoms with E-state index in [1.165, 1.54) is 18.0 Å². The number of imide groups is 1. The van der Waals surface area contributed by atoms with Crippen LogP contribution in [0.4, 0.5) is 13.6 Å². The number of halogens is 2. The maximum atomic E-state index is 14.8. The van der Waals surface area contributed by atoms with E-state index >= 15 is 0 Å². The molecule has 1 N–H and O–H groups in total. The van der Waals surface area contributed by atoms with E-state index in [0.717, 1.165) is 11.6 Å². The fraction of sp³-hybridized carbons (Fsp3) is 0.391. The zero-order valence-corrected chi connectivity index (χ0v) is 17.3. The minimum atomic E-state index is -0.908. The summed E-state index contributed by atoms with van der Waals surface area (Å²) in [5.74, 6) is -2.54. The summed E-state index contributed by atoms with van der Waals surface area (Å²) in [5.41, 5.74) is 1.19. The molecule has 31 heavy (non-hydrogen) atoms. The maximum absolute atomic E-state index is 14.8. The van der Waals surface area contributed by atoms with E-state index in [2.05, 4.69) is 10.2 Å².